The van der Waals surface area contributed by atoms with E-state index in [-0.39, 0.29) is 11.4 Å². The molecule has 0 heterocycles. The molecule has 2 nitrogen and oxygen atoms in total. The van der Waals surface area contributed by atoms with Gasteiger partial charge in [-0.25, -0.2) is 0 Å². The summed E-state index contributed by atoms with van der Waals surface area (Å²) in [4.78, 5) is 11.5. The van der Waals surface area contributed by atoms with Crippen LogP contribution in [-0.4, -0.2) is 12.6 Å². The van der Waals surface area contributed by atoms with Gasteiger partial charge in [-0.15, -0.1) is 0 Å². The summed E-state index contributed by atoms with van der Waals surface area (Å²) < 4.78 is 5.06. The first kappa shape index (κ1) is 10.6. The van der Waals surface area contributed by atoms with Crippen molar-refractivity contribution in [1.29, 1.82) is 0 Å². The highest BCUT2D eigenvalue weighted by Gasteiger charge is 2.50. The lowest BCUT2D eigenvalue weighted by molar-refractivity contribution is -0.150. The molecule has 0 unspecified atom stereocenters. The molecule has 0 N–H and O–H groups in total. The van der Waals surface area contributed by atoms with Crippen molar-refractivity contribution in [2.24, 2.45) is 5.41 Å². The Balaban J connectivity index is 2.25. The second-order valence-electron chi connectivity index (χ2n) is 3.96. The molecule has 0 atom stereocenters. The number of ether oxygens (including phenoxy) is 1. The van der Waals surface area contributed by atoms with E-state index in [4.69, 9.17) is 4.74 Å². The highest BCUT2D eigenvalue weighted by atomic mass is 16.5. The van der Waals surface area contributed by atoms with Crippen molar-refractivity contribution in [3.63, 3.8) is 0 Å². The van der Waals surface area contributed by atoms with Gasteiger partial charge in [-0.2, -0.15) is 0 Å². The van der Waals surface area contributed by atoms with Crippen LogP contribution in [0.25, 0.3) is 0 Å². The second-order valence-corrected chi connectivity index (χ2v) is 3.96. The first-order valence-electron chi connectivity index (χ1n) is 5.42. The van der Waals surface area contributed by atoms with Crippen LogP contribution in [0.5, 0.6) is 0 Å². The molecule has 0 radical (unpaired) electrons. The average Bonchev–Trinajstić information content (AvgIpc) is 2.87. The lowest BCUT2D eigenvalue weighted by Crippen LogP contribution is -2.18. The van der Waals surface area contributed by atoms with Gasteiger partial charge in [-0.3, -0.25) is 4.79 Å². The highest BCUT2D eigenvalue weighted by molar-refractivity contribution is 5.79. The molecule has 1 fully saturated rings. The second kappa shape index (κ2) is 4.64. The first-order valence-corrected chi connectivity index (χ1v) is 5.42. The van der Waals surface area contributed by atoms with Crippen molar-refractivity contribution in [2.75, 3.05) is 6.61 Å². The van der Waals surface area contributed by atoms with Crippen molar-refractivity contribution in [2.45, 2.75) is 52.4 Å². The predicted octanol–water partition coefficient (Wildman–Crippen LogP) is 2.91. The Labute approximate surface area is 80.7 Å². The van der Waals surface area contributed by atoms with Gasteiger partial charge in [0.2, 0.25) is 0 Å². The van der Waals surface area contributed by atoms with E-state index in [1.54, 1.807) is 0 Å². The van der Waals surface area contributed by atoms with E-state index in [1.807, 2.05) is 6.92 Å². The van der Waals surface area contributed by atoms with E-state index in [1.165, 1.54) is 19.3 Å². The van der Waals surface area contributed by atoms with Crippen LogP contribution < -0.4 is 0 Å². The minimum atomic E-state index is -0.0504. The van der Waals surface area contributed by atoms with Gasteiger partial charge in [-0.1, -0.05) is 26.2 Å². The van der Waals surface area contributed by atoms with Crippen molar-refractivity contribution in [1.82, 2.24) is 0 Å². The van der Waals surface area contributed by atoms with E-state index >= 15 is 0 Å². The van der Waals surface area contributed by atoms with Crippen LogP contribution in [0.15, 0.2) is 0 Å². The van der Waals surface area contributed by atoms with E-state index in [0.29, 0.717) is 6.61 Å². The van der Waals surface area contributed by atoms with Crippen LogP contribution in [0.3, 0.4) is 0 Å². The first-order chi connectivity index (χ1) is 6.25. The maximum atomic E-state index is 11.5. The van der Waals surface area contributed by atoms with Gasteiger partial charge < -0.3 is 4.74 Å². The summed E-state index contributed by atoms with van der Waals surface area (Å²) in [5.41, 5.74) is -0.0504. The summed E-state index contributed by atoms with van der Waals surface area (Å²) in [6, 6.07) is 0. The normalized spacial score (nSPS) is 18.3. The van der Waals surface area contributed by atoms with Gasteiger partial charge in [0.25, 0.3) is 0 Å². The quantitative estimate of drug-likeness (QED) is 0.468. The van der Waals surface area contributed by atoms with Crippen molar-refractivity contribution < 1.29 is 9.53 Å². The summed E-state index contributed by atoms with van der Waals surface area (Å²) in [6.07, 6.45) is 6.78. The van der Waals surface area contributed by atoms with Gasteiger partial charge >= 0.3 is 5.97 Å². The number of esters is 1. The fourth-order valence-electron chi connectivity index (χ4n) is 1.70. The van der Waals surface area contributed by atoms with Crippen LogP contribution >= 0.6 is 0 Å². The van der Waals surface area contributed by atoms with Crippen LogP contribution in [0, 0.1) is 5.41 Å². The Morgan fingerprint density at radius 3 is 2.46 bits per heavy atom. The molecule has 0 aliphatic heterocycles. The zero-order valence-corrected chi connectivity index (χ0v) is 8.77. The highest BCUT2D eigenvalue weighted by Crippen LogP contribution is 2.50. The molecule has 1 aliphatic carbocycles. The molecule has 0 aromatic heterocycles. The van der Waals surface area contributed by atoms with Gasteiger partial charge in [0.05, 0.1) is 12.0 Å². The van der Waals surface area contributed by atoms with Crippen LogP contribution in [0.1, 0.15) is 52.4 Å². The number of unbranched alkanes of at least 4 members (excludes halogenated alkanes) is 2. The topological polar surface area (TPSA) is 26.3 Å². The molecule has 76 valence electrons. The van der Waals surface area contributed by atoms with Crippen molar-refractivity contribution in [3.8, 4) is 0 Å². The third-order valence-corrected chi connectivity index (χ3v) is 2.82. The monoisotopic (exact) mass is 184 g/mol. The summed E-state index contributed by atoms with van der Waals surface area (Å²) in [6.45, 7) is 4.58. The minimum Gasteiger partial charge on any atom is -0.466 e. The predicted molar refractivity (Wildman–Crippen MR) is 52.4 cm³/mol. The van der Waals surface area contributed by atoms with Gasteiger partial charge in [-0.05, 0) is 26.2 Å². The van der Waals surface area contributed by atoms with Gasteiger partial charge in [0, 0.05) is 0 Å². The Morgan fingerprint density at radius 2 is 2.00 bits per heavy atom. The number of carbonyl (C=O) groups is 1. The van der Waals surface area contributed by atoms with Gasteiger partial charge in [0.1, 0.15) is 0 Å². The molecule has 0 amide bonds. The Morgan fingerprint density at radius 1 is 1.31 bits per heavy atom. The molecule has 0 aromatic rings. The summed E-state index contributed by atoms with van der Waals surface area (Å²) in [5, 5.41) is 0. The van der Waals surface area contributed by atoms with Crippen LogP contribution in [0.4, 0.5) is 0 Å². The van der Waals surface area contributed by atoms with Gasteiger partial charge in [0.15, 0.2) is 0 Å². The molecule has 0 spiro atoms. The SMILES string of the molecule is CCCCCC1(C(=O)OCC)CC1. The zero-order valence-electron chi connectivity index (χ0n) is 8.77. The Kier molecular flexibility index (Phi) is 3.76. The maximum Gasteiger partial charge on any atom is 0.312 e. The molecule has 2 heteroatoms. The van der Waals surface area contributed by atoms with E-state index in [9.17, 15) is 4.79 Å². The molecule has 0 bridgehead atoms. The fourth-order valence-corrected chi connectivity index (χ4v) is 1.70. The number of carbonyl (C=O) groups excluding carboxylic acids is 1. The molecule has 1 aliphatic rings. The molecule has 0 aromatic carbocycles. The molecule has 1 saturated carbocycles. The van der Waals surface area contributed by atoms with Crippen molar-refractivity contribution in [3.05, 3.63) is 0 Å². The third kappa shape index (κ3) is 2.71. The molecule has 0 saturated heterocycles. The summed E-state index contributed by atoms with van der Waals surface area (Å²) >= 11 is 0. The number of rotatable bonds is 6. The standard InChI is InChI=1S/C11H20O2/c1-3-5-6-7-11(8-9-11)10(12)13-4-2/h3-9H2,1-2H3. The lowest BCUT2D eigenvalue weighted by Gasteiger charge is -2.12. The molecule has 1 rings (SSSR count). The van der Waals surface area contributed by atoms with E-state index in [2.05, 4.69) is 6.92 Å². The van der Waals surface area contributed by atoms with Crippen LogP contribution in [0.2, 0.25) is 0 Å². The zero-order chi connectivity index (χ0) is 9.73. The Hall–Kier alpha value is -0.530. The number of hydrogen-bond donors (Lipinski definition) is 0. The van der Waals surface area contributed by atoms with E-state index < -0.39 is 0 Å². The fraction of sp³-hybridized carbons (Fsp3) is 0.909. The maximum absolute atomic E-state index is 11.5. The molecular formula is C11H20O2. The summed E-state index contributed by atoms with van der Waals surface area (Å²) in [7, 11) is 0. The Bertz CT molecular complexity index is 171. The minimum absolute atomic E-state index is 0.0473. The molecule has 13 heavy (non-hydrogen) atoms. The van der Waals surface area contributed by atoms with E-state index in [0.717, 1.165) is 19.3 Å². The van der Waals surface area contributed by atoms with Crippen molar-refractivity contribution >= 4 is 5.97 Å². The third-order valence-electron chi connectivity index (χ3n) is 2.82. The number of hydrogen-bond acceptors (Lipinski definition) is 2. The van der Waals surface area contributed by atoms with Crippen LogP contribution in [-0.2, 0) is 9.53 Å². The lowest BCUT2D eigenvalue weighted by atomic mass is 9.99. The summed E-state index contributed by atoms with van der Waals surface area (Å²) in [5.74, 6) is 0.0473. The average molecular weight is 184 g/mol. The largest absolute Gasteiger partial charge is 0.466 e. The smallest absolute Gasteiger partial charge is 0.312 e. The molecular weight excluding hydrogens is 164 g/mol.